The van der Waals surface area contributed by atoms with Crippen molar-refractivity contribution >= 4 is 50.3 Å². The number of imidazole rings is 1. The fourth-order valence-corrected chi connectivity index (χ4v) is 4.98. The fraction of sp³-hybridized carbons (Fsp3) is 0.227. The fourth-order valence-electron chi connectivity index (χ4n) is 3.78. The van der Waals surface area contributed by atoms with E-state index < -0.39 is 17.2 Å². The molecule has 174 valence electrons. The molecule has 5 aromatic rings. The van der Waals surface area contributed by atoms with Gasteiger partial charge in [0.05, 0.1) is 24.3 Å². The van der Waals surface area contributed by atoms with Crippen LogP contribution < -0.4 is 11.2 Å². The first-order valence-electron chi connectivity index (χ1n) is 10.3. The van der Waals surface area contributed by atoms with Crippen molar-refractivity contribution in [1.82, 2.24) is 28.5 Å². The van der Waals surface area contributed by atoms with E-state index in [9.17, 15) is 14.4 Å². The molecule has 0 N–H and O–H groups in total. The number of thiophene rings is 1. The molecule has 10 nitrogen and oxygen atoms in total. The maximum atomic E-state index is 12.7. The molecule has 4 heterocycles. The summed E-state index contributed by atoms with van der Waals surface area (Å²) in [6.07, 6.45) is 1.46. The number of aryl methyl sites for hydroxylation is 2. The third kappa shape index (κ3) is 3.53. The number of hydrogen-bond donors (Lipinski definition) is 0. The molecule has 1 aromatic carbocycles. The highest BCUT2D eigenvalue weighted by Gasteiger charge is 2.19. The van der Waals surface area contributed by atoms with Crippen molar-refractivity contribution in [2.24, 2.45) is 14.1 Å². The maximum Gasteiger partial charge on any atom is 0.348 e. The second-order valence-electron chi connectivity index (χ2n) is 7.75. The summed E-state index contributed by atoms with van der Waals surface area (Å²) in [5.41, 5.74) is 1.30. The van der Waals surface area contributed by atoms with Crippen molar-refractivity contribution in [2.75, 3.05) is 6.61 Å². The Labute approximate surface area is 201 Å². The van der Waals surface area contributed by atoms with Crippen LogP contribution in [0, 0.1) is 6.92 Å². The van der Waals surface area contributed by atoms with Gasteiger partial charge in [0.1, 0.15) is 16.3 Å². The Morgan fingerprint density at radius 2 is 1.88 bits per heavy atom. The van der Waals surface area contributed by atoms with Gasteiger partial charge in [0.15, 0.2) is 11.2 Å². The zero-order chi connectivity index (χ0) is 24.1. The van der Waals surface area contributed by atoms with Crippen LogP contribution in [0.3, 0.4) is 0 Å². The number of benzene rings is 1. The maximum absolute atomic E-state index is 12.7. The largest absolute Gasteiger partial charge is 0.460 e. The van der Waals surface area contributed by atoms with Crippen LogP contribution in [-0.2, 0) is 25.4 Å². The van der Waals surface area contributed by atoms with Crippen molar-refractivity contribution in [1.29, 1.82) is 0 Å². The molecule has 0 spiro atoms. The molecular weight excluding hydrogens is 480 g/mol. The Morgan fingerprint density at radius 3 is 2.62 bits per heavy atom. The van der Waals surface area contributed by atoms with Gasteiger partial charge >= 0.3 is 11.7 Å². The Morgan fingerprint density at radius 1 is 1.15 bits per heavy atom. The van der Waals surface area contributed by atoms with E-state index in [2.05, 4.69) is 10.1 Å². The van der Waals surface area contributed by atoms with Crippen LogP contribution in [-0.4, -0.2) is 41.0 Å². The highest BCUT2D eigenvalue weighted by molar-refractivity contribution is 7.20. The van der Waals surface area contributed by atoms with E-state index in [-0.39, 0.29) is 24.3 Å². The molecule has 0 radical (unpaired) electrons. The van der Waals surface area contributed by atoms with Crippen molar-refractivity contribution in [3.8, 4) is 5.69 Å². The lowest BCUT2D eigenvalue weighted by Crippen LogP contribution is -2.37. The highest BCUT2D eigenvalue weighted by Crippen LogP contribution is 2.31. The first-order valence-corrected chi connectivity index (χ1v) is 11.5. The van der Waals surface area contributed by atoms with Crippen molar-refractivity contribution in [3.05, 3.63) is 73.1 Å². The molecule has 0 atom stereocenters. The molecule has 0 saturated heterocycles. The molecule has 34 heavy (non-hydrogen) atoms. The number of fused-ring (bicyclic) bond motifs is 2. The molecule has 0 unspecified atom stereocenters. The molecule has 0 bridgehead atoms. The van der Waals surface area contributed by atoms with Gasteiger partial charge in [0.2, 0.25) is 0 Å². The first kappa shape index (κ1) is 22.1. The summed E-state index contributed by atoms with van der Waals surface area (Å²) < 4.78 is 11.2. The summed E-state index contributed by atoms with van der Waals surface area (Å²) in [6.45, 7) is 2.14. The number of nitrogens with zero attached hydrogens (tertiary/aromatic N) is 6. The molecular formula is C22H19ClN6O4S. The van der Waals surface area contributed by atoms with Crippen LogP contribution in [0.4, 0.5) is 0 Å². The summed E-state index contributed by atoms with van der Waals surface area (Å²) >= 11 is 7.28. The normalized spacial score (nSPS) is 11.5. The van der Waals surface area contributed by atoms with Gasteiger partial charge in [-0.3, -0.25) is 13.9 Å². The third-order valence-electron chi connectivity index (χ3n) is 5.60. The first-order chi connectivity index (χ1) is 16.3. The van der Waals surface area contributed by atoms with Crippen LogP contribution in [0.5, 0.6) is 0 Å². The number of esters is 1. The molecule has 0 saturated carbocycles. The molecule has 0 fully saturated rings. The summed E-state index contributed by atoms with van der Waals surface area (Å²) in [6, 6.07) is 9.07. The van der Waals surface area contributed by atoms with Gasteiger partial charge in [-0.05, 0) is 37.3 Å². The Bertz CT molecular complexity index is 1690. The molecule has 12 heteroatoms. The minimum Gasteiger partial charge on any atom is -0.460 e. The van der Waals surface area contributed by atoms with Crippen molar-refractivity contribution in [2.45, 2.75) is 13.5 Å². The van der Waals surface area contributed by atoms with E-state index in [1.165, 1.54) is 29.3 Å². The van der Waals surface area contributed by atoms with Gasteiger partial charge in [-0.2, -0.15) is 5.10 Å². The number of carbonyl (C=O) groups is 1. The van der Waals surface area contributed by atoms with Gasteiger partial charge in [-0.25, -0.2) is 19.3 Å². The van der Waals surface area contributed by atoms with E-state index in [0.29, 0.717) is 9.90 Å². The second-order valence-corrected chi connectivity index (χ2v) is 9.22. The van der Waals surface area contributed by atoms with Gasteiger partial charge in [-0.1, -0.05) is 11.6 Å². The summed E-state index contributed by atoms with van der Waals surface area (Å²) in [5, 5.41) is 6.07. The van der Waals surface area contributed by atoms with Crippen LogP contribution in [0.25, 0.3) is 27.1 Å². The zero-order valence-electron chi connectivity index (χ0n) is 18.5. The zero-order valence-corrected chi connectivity index (χ0v) is 20.1. The van der Waals surface area contributed by atoms with E-state index in [1.807, 2.05) is 19.1 Å². The standard InChI is InChI=1S/C22H19ClN6O4S/c1-12-15-10-16(34-20(15)29(25-12)14-6-4-13(23)5-7-14)21(31)33-9-8-28-11-24-18-17(28)19(30)27(3)22(32)26(18)2/h4-7,10-11H,8-9H2,1-3H3. The van der Waals surface area contributed by atoms with E-state index in [4.69, 9.17) is 16.3 Å². The SMILES string of the molecule is Cc1nn(-c2ccc(Cl)cc2)c2sc(C(=O)OCCn3cnc4c3c(=O)n(C)c(=O)n4C)cc12. The minimum absolute atomic E-state index is 0.0345. The summed E-state index contributed by atoms with van der Waals surface area (Å²) in [5.74, 6) is -0.465. The number of ether oxygens (including phenoxy) is 1. The van der Waals surface area contributed by atoms with E-state index in [0.717, 1.165) is 26.2 Å². The lowest BCUT2D eigenvalue weighted by Gasteiger charge is -2.07. The number of rotatable bonds is 5. The second kappa shape index (κ2) is 8.26. The Hall–Kier alpha value is -3.70. The number of aromatic nitrogens is 6. The number of halogens is 1. The van der Waals surface area contributed by atoms with Gasteiger partial charge < -0.3 is 9.30 Å². The lowest BCUT2D eigenvalue weighted by atomic mass is 10.3. The molecule has 4 aromatic heterocycles. The number of carbonyl (C=O) groups excluding carboxylic acids is 1. The van der Waals surface area contributed by atoms with E-state index >= 15 is 0 Å². The predicted octanol–water partition coefficient (Wildman–Crippen LogP) is 2.65. The quantitative estimate of drug-likeness (QED) is 0.345. The smallest absolute Gasteiger partial charge is 0.348 e. The summed E-state index contributed by atoms with van der Waals surface area (Å²) in [4.78, 5) is 42.8. The van der Waals surface area contributed by atoms with Gasteiger partial charge in [-0.15, -0.1) is 11.3 Å². The van der Waals surface area contributed by atoms with Crippen LogP contribution in [0.2, 0.25) is 5.02 Å². The third-order valence-corrected chi connectivity index (χ3v) is 6.94. The van der Waals surface area contributed by atoms with Crippen molar-refractivity contribution < 1.29 is 9.53 Å². The average Bonchev–Trinajstić information content (AvgIpc) is 3.52. The van der Waals surface area contributed by atoms with Crippen LogP contribution in [0.1, 0.15) is 15.4 Å². The monoisotopic (exact) mass is 498 g/mol. The van der Waals surface area contributed by atoms with Crippen LogP contribution >= 0.6 is 22.9 Å². The molecule has 0 aliphatic heterocycles. The lowest BCUT2D eigenvalue weighted by molar-refractivity contribution is 0.0498. The highest BCUT2D eigenvalue weighted by atomic mass is 35.5. The van der Waals surface area contributed by atoms with Gasteiger partial charge in [0.25, 0.3) is 5.56 Å². The predicted molar refractivity (Wildman–Crippen MR) is 129 cm³/mol. The average molecular weight is 499 g/mol. The minimum atomic E-state index is -0.465. The summed E-state index contributed by atoms with van der Waals surface area (Å²) in [7, 11) is 2.96. The molecule has 0 amide bonds. The molecule has 5 rings (SSSR count). The topological polar surface area (TPSA) is 106 Å². The van der Waals surface area contributed by atoms with E-state index in [1.54, 1.807) is 34.5 Å². The number of hydrogen-bond acceptors (Lipinski definition) is 7. The molecule has 0 aliphatic rings. The Balaban J connectivity index is 1.36. The van der Waals surface area contributed by atoms with Gasteiger partial charge in [0, 0.05) is 24.5 Å². The Kier molecular flexibility index (Phi) is 5.37. The molecule has 0 aliphatic carbocycles. The van der Waals surface area contributed by atoms with Crippen LogP contribution in [0.15, 0.2) is 46.2 Å². The van der Waals surface area contributed by atoms with Crippen molar-refractivity contribution in [3.63, 3.8) is 0 Å².